The van der Waals surface area contributed by atoms with E-state index in [0.29, 0.717) is 13.0 Å². The fourth-order valence-corrected chi connectivity index (χ4v) is 1.49. The molecule has 0 saturated carbocycles. The Morgan fingerprint density at radius 2 is 2.25 bits per heavy atom. The molecule has 0 radical (unpaired) electrons. The van der Waals surface area contributed by atoms with E-state index in [0.717, 1.165) is 12.8 Å². The second kappa shape index (κ2) is 4.77. The molecule has 1 fully saturated rings. The van der Waals surface area contributed by atoms with E-state index in [-0.39, 0.29) is 12.5 Å². The molecule has 3 unspecified atom stereocenters. The number of ether oxygens (including phenoxy) is 1. The van der Waals surface area contributed by atoms with E-state index in [9.17, 15) is 5.11 Å². The third-order valence-corrected chi connectivity index (χ3v) is 2.20. The highest BCUT2D eigenvalue weighted by Gasteiger charge is 2.25. The van der Waals surface area contributed by atoms with E-state index in [2.05, 4.69) is 0 Å². The molecule has 4 nitrogen and oxygen atoms in total. The summed E-state index contributed by atoms with van der Waals surface area (Å²) in [4.78, 5) is 0. The van der Waals surface area contributed by atoms with Crippen LogP contribution in [0, 0.1) is 5.92 Å². The van der Waals surface area contributed by atoms with Crippen LogP contribution in [0.1, 0.15) is 19.3 Å². The Hall–Kier alpha value is -0.160. The minimum Gasteiger partial charge on any atom is -0.394 e. The molecule has 3 atom stereocenters. The van der Waals surface area contributed by atoms with Gasteiger partial charge in [-0.2, -0.15) is 0 Å². The second-order valence-electron chi connectivity index (χ2n) is 3.24. The molecule has 12 heavy (non-hydrogen) atoms. The molecule has 3 N–H and O–H groups in total. The van der Waals surface area contributed by atoms with Gasteiger partial charge in [-0.3, -0.25) is 0 Å². The normalized spacial score (nSPS) is 33.2. The smallest absolute Gasteiger partial charge is 0.157 e. The predicted molar refractivity (Wildman–Crippen MR) is 42.4 cm³/mol. The Balaban J connectivity index is 2.28. The van der Waals surface area contributed by atoms with Crippen LogP contribution in [0.25, 0.3) is 0 Å². The van der Waals surface area contributed by atoms with Crippen LogP contribution >= 0.6 is 0 Å². The lowest BCUT2D eigenvalue weighted by Gasteiger charge is -2.28. The maximum atomic E-state index is 9.30. The van der Waals surface area contributed by atoms with E-state index in [1.807, 2.05) is 0 Å². The Labute approximate surface area is 71.8 Å². The van der Waals surface area contributed by atoms with E-state index < -0.39 is 12.4 Å². The van der Waals surface area contributed by atoms with Crippen molar-refractivity contribution in [1.29, 1.82) is 0 Å². The first kappa shape index (κ1) is 9.92. The summed E-state index contributed by atoms with van der Waals surface area (Å²) in [5.41, 5.74) is 0. The van der Waals surface area contributed by atoms with Gasteiger partial charge in [0.05, 0.1) is 12.7 Å². The van der Waals surface area contributed by atoms with Crippen molar-refractivity contribution in [3.8, 4) is 0 Å². The first-order valence-electron chi connectivity index (χ1n) is 4.32. The van der Waals surface area contributed by atoms with Crippen molar-refractivity contribution in [2.75, 3.05) is 13.2 Å². The monoisotopic (exact) mass is 176 g/mol. The number of hydrogen-bond acceptors (Lipinski definition) is 4. The molecule has 4 heteroatoms. The fraction of sp³-hybridized carbons (Fsp3) is 1.00. The van der Waals surface area contributed by atoms with Crippen LogP contribution in [-0.2, 0) is 4.74 Å². The first-order chi connectivity index (χ1) is 5.74. The van der Waals surface area contributed by atoms with Crippen LogP contribution in [-0.4, -0.2) is 40.9 Å². The zero-order valence-electron chi connectivity index (χ0n) is 7.02. The van der Waals surface area contributed by atoms with Crippen LogP contribution in [0.4, 0.5) is 0 Å². The highest BCUT2D eigenvalue weighted by molar-refractivity contribution is 4.70. The van der Waals surface area contributed by atoms with Gasteiger partial charge in [0, 0.05) is 12.5 Å². The van der Waals surface area contributed by atoms with Crippen molar-refractivity contribution >= 4 is 0 Å². The number of hydrogen-bond donors (Lipinski definition) is 3. The van der Waals surface area contributed by atoms with Crippen molar-refractivity contribution in [3.05, 3.63) is 0 Å². The average molecular weight is 176 g/mol. The Morgan fingerprint density at radius 1 is 1.50 bits per heavy atom. The number of aliphatic hydroxyl groups excluding tert-OH is 3. The average Bonchev–Trinajstić information content (AvgIpc) is 2.09. The second-order valence-corrected chi connectivity index (χ2v) is 3.24. The summed E-state index contributed by atoms with van der Waals surface area (Å²) in [6.07, 6.45) is 0.696. The maximum Gasteiger partial charge on any atom is 0.157 e. The highest BCUT2D eigenvalue weighted by Crippen LogP contribution is 2.23. The molecule has 0 aliphatic carbocycles. The van der Waals surface area contributed by atoms with Gasteiger partial charge in [-0.15, -0.1) is 0 Å². The topological polar surface area (TPSA) is 69.9 Å². The van der Waals surface area contributed by atoms with Gasteiger partial charge in [0.15, 0.2) is 6.29 Å². The standard InChI is InChI=1S/C8H16O4/c9-5-7(10)4-6-2-1-3-12-8(6)11/h6-11H,1-5H2. The van der Waals surface area contributed by atoms with E-state index in [4.69, 9.17) is 14.9 Å². The summed E-state index contributed by atoms with van der Waals surface area (Å²) in [6, 6.07) is 0. The minimum atomic E-state index is -0.764. The molecule has 0 spiro atoms. The van der Waals surface area contributed by atoms with Gasteiger partial charge in [0.25, 0.3) is 0 Å². The van der Waals surface area contributed by atoms with E-state index in [1.54, 1.807) is 0 Å². The number of rotatable bonds is 3. The summed E-state index contributed by atoms with van der Waals surface area (Å²) in [5.74, 6) is -0.0269. The quantitative estimate of drug-likeness (QED) is 0.541. The minimum absolute atomic E-state index is 0.0269. The summed E-state index contributed by atoms with van der Waals surface area (Å²) in [5, 5.41) is 27.0. The molecule has 1 aliphatic heterocycles. The molecule has 1 saturated heterocycles. The molecule has 1 aliphatic rings. The Morgan fingerprint density at radius 3 is 2.83 bits per heavy atom. The predicted octanol–water partition coefficient (Wildman–Crippen LogP) is -0.525. The first-order valence-corrected chi connectivity index (χ1v) is 4.32. The van der Waals surface area contributed by atoms with Gasteiger partial charge in [-0.05, 0) is 19.3 Å². The molecule has 0 aromatic rings. The molecule has 0 aromatic heterocycles. The largest absolute Gasteiger partial charge is 0.394 e. The number of aliphatic hydroxyl groups is 3. The van der Waals surface area contributed by atoms with Crippen molar-refractivity contribution in [3.63, 3.8) is 0 Å². The van der Waals surface area contributed by atoms with Gasteiger partial charge in [-0.1, -0.05) is 0 Å². The zero-order chi connectivity index (χ0) is 8.97. The molecule has 72 valence electrons. The molecule has 0 amide bonds. The lowest BCUT2D eigenvalue weighted by Crippen LogP contribution is -2.32. The molecular formula is C8H16O4. The molecule has 1 rings (SSSR count). The molecule has 0 aromatic carbocycles. The Kier molecular flexibility index (Phi) is 3.94. The van der Waals surface area contributed by atoms with Crippen molar-refractivity contribution < 1.29 is 20.1 Å². The van der Waals surface area contributed by atoms with Crippen molar-refractivity contribution in [1.82, 2.24) is 0 Å². The summed E-state index contributed by atoms with van der Waals surface area (Å²) >= 11 is 0. The van der Waals surface area contributed by atoms with Crippen LogP contribution in [0.15, 0.2) is 0 Å². The van der Waals surface area contributed by atoms with Crippen molar-refractivity contribution in [2.24, 2.45) is 5.92 Å². The summed E-state index contributed by atoms with van der Waals surface area (Å²) in [7, 11) is 0. The van der Waals surface area contributed by atoms with Crippen LogP contribution in [0.3, 0.4) is 0 Å². The van der Waals surface area contributed by atoms with Gasteiger partial charge in [0.2, 0.25) is 0 Å². The third kappa shape index (κ3) is 2.71. The van der Waals surface area contributed by atoms with Gasteiger partial charge in [-0.25, -0.2) is 0 Å². The Bertz CT molecular complexity index is 128. The summed E-state index contributed by atoms with van der Waals surface area (Å²) in [6.45, 7) is 0.343. The molecule has 0 bridgehead atoms. The van der Waals surface area contributed by atoms with Gasteiger partial charge >= 0.3 is 0 Å². The molecular weight excluding hydrogens is 160 g/mol. The maximum absolute atomic E-state index is 9.30. The zero-order valence-corrected chi connectivity index (χ0v) is 7.02. The van der Waals surface area contributed by atoms with Crippen molar-refractivity contribution in [2.45, 2.75) is 31.7 Å². The SMILES string of the molecule is OCC(O)CC1CCCOC1O. The van der Waals surface area contributed by atoms with Crippen LogP contribution in [0.5, 0.6) is 0 Å². The van der Waals surface area contributed by atoms with Crippen LogP contribution < -0.4 is 0 Å². The third-order valence-electron chi connectivity index (χ3n) is 2.20. The van der Waals surface area contributed by atoms with Gasteiger partial charge in [0.1, 0.15) is 0 Å². The fourth-order valence-electron chi connectivity index (χ4n) is 1.49. The van der Waals surface area contributed by atoms with E-state index in [1.165, 1.54) is 0 Å². The highest BCUT2D eigenvalue weighted by atomic mass is 16.6. The molecule has 1 heterocycles. The van der Waals surface area contributed by atoms with E-state index >= 15 is 0 Å². The lowest BCUT2D eigenvalue weighted by molar-refractivity contribution is -0.166. The van der Waals surface area contributed by atoms with Gasteiger partial charge < -0.3 is 20.1 Å². The lowest BCUT2D eigenvalue weighted by atomic mass is 9.94. The van der Waals surface area contributed by atoms with Crippen LogP contribution in [0.2, 0.25) is 0 Å². The summed E-state index contributed by atoms with van der Waals surface area (Å²) < 4.78 is 5.00.